The third kappa shape index (κ3) is 44.2. The molecular formula is C56H101NO5. The van der Waals surface area contributed by atoms with E-state index in [1.54, 1.807) is 0 Å². The Hall–Kier alpha value is -2.44. The fourth-order valence-electron chi connectivity index (χ4n) is 7.89. The molecule has 0 bridgehead atoms. The van der Waals surface area contributed by atoms with Crippen LogP contribution in [0.15, 0.2) is 60.8 Å². The molecule has 0 aromatic carbocycles. The van der Waals surface area contributed by atoms with Crippen LogP contribution in [0.4, 0.5) is 0 Å². The zero-order chi connectivity index (χ0) is 45.2. The Balaban J connectivity index is 4.67. The van der Waals surface area contributed by atoms with E-state index >= 15 is 0 Å². The van der Waals surface area contributed by atoms with Gasteiger partial charge in [0.2, 0.25) is 5.91 Å². The molecule has 3 atom stereocenters. The molecule has 6 heteroatoms. The zero-order valence-electron chi connectivity index (χ0n) is 41.0. The highest BCUT2D eigenvalue weighted by Crippen LogP contribution is 2.18. The predicted octanol–water partition coefficient (Wildman–Crippen LogP) is 16.0. The smallest absolute Gasteiger partial charge is 0.306 e. The van der Waals surface area contributed by atoms with Gasteiger partial charge in [-0.3, -0.25) is 9.59 Å². The summed E-state index contributed by atoms with van der Waals surface area (Å²) >= 11 is 0. The normalized spacial score (nSPS) is 13.7. The largest absolute Gasteiger partial charge is 0.462 e. The van der Waals surface area contributed by atoms with E-state index in [-0.39, 0.29) is 31.3 Å². The number of unbranched alkanes of at least 4 members (excludes halogenated alkanes) is 25. The first-order valence-corrected chi connectivity index (χ1v) is 26.5. The lowest BCUT2D eigenvalue weighted by atomic mass is 10.0. The molecule has 0 heterocycles. The topological polar surface area (TPSA) is 95.9 Å². The molecule has 6 nitrogen and oxygen atoms in total. The molecule has 360 valence electrons. The highest BCUT2D eigenvalue weighted by atomic mass is 16.5. The van der Waals surface area contributed by atoms with Gasteiger partial charge in [0.05, 0.1) is 25.2 Å². The molecule has 0 aromatic heterocycles. The van der Waals surface area contributed by atoms with Gasteiger partial charge in [-0.05, 0) is 57.8 Å². The fourth-order valence-corrected chi connectivity index (χ4v) is 7.89. The SMILES string of the molecule is CC/C=C/C/C=C/C/C=C/C/C=C/C/C=C/CCC(=O)OC(CCCCCCCCCCCCCCCCCC)CC(=O)NC(CO)C(O)CCCCCCCCCCCCC. The standard InChI is InChI=1S/C56H101NO5/c1-4-7-10-13-16-19-22-24-26-28-30-33-35-38-41-44-47-52(62-56(61)49-46-43-40-37-34-31-29-27-25-23-20-17-14-11-8-5-2)50-55(60)57-53(51-58)54(59)48-45-42-39-36-32-21-18-15-12-9-6-3/h8,11,17,20,25,27,31,34,40,43,52-54,58-59H,4-7,9-10,12-16,18-19,21-24,26,28-30,32-33,35-39,41-42,44-51H2,1-3H3,(H,57,60)/b11-8+,20-17+,27-25+,34-31+,43-40+. The van der Waals surface area contributed by atoms with Crippen LogP contribution >= 0.6 is 0 Å². The lowest BCUT2D eigenvalue weighted by molar-refractivity contribution is -0.150. The van der Waals surface area contributed by atoms with Gasteiger partial charge in [0.1, 0.15) is 6.10 Å². The number of hydrogen-bond acceptors (Lipinski definition) is 5. The number of esters is 1. The number of carbonyl (C=O) groups is 2. The first-order chi connectivity index (χ1) is 30.5. The van der Waals surface area contributed by atoms with Crippen molar-refractivity contribution in [3.63, 3.8) is 0 Å². The van der Waals surface area contributed by atoms with E-state index in [2.05, 4.69) is 80.8 Å². The number of hydrogen-bond donors (Lipinski definition) is 3. The lowest BCUT2D eigenvalue weighted by Gasteiger charge is -2.24. The summed E-state index contributed by atoms with van der Waals surface area (Å²) in [4.78, 5) is 26.1. The van der Waals surface area contributed by atoms with Gasteiger partial charge in [0.15, 0.2) is 0 Å². The summed E-state index contributed by atoms with van der Waals surface area (Å²) in [5.74, 6) is -0.565. The van der Waals surface area contributed by atoms with E-state index in [0.717, 1.165) is 70.6 Å². The third-order valence-electron chi connectivity index (χ3n) is 11.9. The second-order valence-electron chi connectivity index (χ2n) is 17.9. The first kappa shape index (κ1) is 59.6. The van der Waals surface area contributed by atoms with E-state index in [4.69, 9.17) is 4.74 Å². The van der Waals surface area contributed by atoms with Gasteiger partial charge in [0, 0.05) is 6.42 Å². The number of nitrogens with one attached hydrogen (secondary N) is 1. The maximum absolute atomic E-state index is 13.2. The lowest BCUT2D eigenvalue weighted by Crippen LogP contribution is -2.46. The van der Waals surface area contributed by atoms with Crippen LogP contribution in [-0.4, -0.2) is 46.9 Å². The van der Waals surface area contributed by atoms with E-state index < -0.39 is 18.2 Å². The highest BCUT2D eigenvalue weighted by molar-refractivity contribution is 5.77. The summed E-state index contributed by atoms with van der Waals surface area (Å²) in [6, 6.07) is -0.715. The van der Waals surface area contributed by atoms with Crippen molar-refractivity contribution < 1.29 is 24.5 Å². The summed E-state index contributed by atoms with van der Waals surface area (Å²) in [5.41, 5.74) is 0. The Kier molecular flexibility index (Phi) is 47.6. The van der Waals surface area contributed by atoms with E-state index in [1.807, 2.05) is 6.08 Å². The molecule has 0 spiro atoms. The predicted molar refractivity (Wildman–Crippen MR) is 268 cm³/mol. The average molecular weight is 868 g/mol. The van der Waals surface area contributed by atoms with E-state index in [9.17, 15) is 19.8 Å². The van der Waals surface area contributed by atoms with Crippen LogP contribution in [0.25, 0.3) is 0 Å². The molecule has 0 radical (unpaired) electrons. The van der Waals surface area contributed by atoms with Crippen LogP contribution in [-0.2, 0) is 14.3 Å². The molecule has 3 N–H and O–H groups in total. The Morgan fingerprint density at radius 2 is 0.839 bits per heavy atom. The summed E-state index contributed by atoms with van der Waals surface area (Å²) in [6.07, 6.45) is 61.5. The minimum absolute atomic E-state index is 0.0494. The van der Waals surface area contributed by atoms with Crippen molar-refractivity contribution in [2.24, 2.45) is 0 Å². The van der Waals surface area contributed by atoms with Crippen molar-refractivity contribution in [3.8, 4) is 0 Å². The van der Waals surface area contributed by atoms with Crippen molar-refractivity contribution in [3.05, 3.63) is 60.8 Å². The van der Waals surface area contributed by atoms with E-state index in [0.29, 0.717) is 19.3 Å². The fraction of sp³-hybridized carbons (Fsp3) is 0.786. The molecule has 0 saturated carbocycles. The van der Waals surface area contributed by atoms with Gasteiger partial charge in [-0.15, -0.1) is 0 Å². The molecule has 0 fully saturated rings. The number of aliphatic hydroxyl groups excluding tert-OH is 2. The Bertz CT molecular complexity index is 1110. The van der Waals surface area contributed by atoms with Gasteiger partial charge >= 0.3 is 5.97 Å². The van der Waals surface area contributed by atoms with Crippen LogP contribution in [0.5, 0.6) is 0 Å². The number of allylic oxidation sites excluding steroid dienone is 10. The van der Waals surface area contributed by atoms with Crippen LogP contribution in [0.3, 0.4) is 0 Å². The second kappa shape index (κ2) is 49.6. The van der Waals surface area contributed by atoms with Crippen molar-refractivity contribution >= 4 is 11.9 Å². The Morgan fingerprint density at radius 3 is 1.23 bits per heavy atom. The number of carbonyl (C=O) groups excluding carboxylic acids is 2. The molecule has 1 amide bonds. The number of ether oxygens (including phenoxy) is 1. The van der Waals surface area contributed by atoms with Crippen LogP contribution in [0.1, 0.15) is 258 Å². The summed E-state index contributed by atoms with van der Waals surface area (Å²) in [6.45, 7) is 6.36. The molecule has 0 rings (SSSR count). The van der Waals surface area contributed by atoms with Gasteiger partial charge in [-0.25, -0.2) is 0 Å². The third-order valence-corrected chi connectivity index (χ3v) is 11.9. The number of aliphatic hydroxyl groups is 2. The van der Waals surface area contributed by atoms with E-state index in [1.165, 1.54) is 135 Å². The van der Waals surface area contributed by atoms with Crippen LogP contribution in [0, 0.1) is 0 Å². The Morgan fingerprint density at radius 1 is 0.484 bits per heavy atom. The van der Waals surface area contributed by atoms with Crippen LogP contribution in [0.2, 0.25) is 0 Å². The van der Waals surface area contributed by atoms with Gasteiger partial charge in [-0.1, -0.05) is 248 Å². The van der Waals surface area contributed by atoms with Crippen molar-refractivity contribution in [1.29, 1.82) is 0 Å². The molecular weight excluding hydrogens is 767 g/mol. The minimum Gasteiger partial charge on any atom is -0.462 e. The quantitative estimate of drug-likeness (QED) is 0.0322. The van der Waals surface area contributed by atoms with Crippen LogP contribution < -0.4 is 5.32 Å². The van der Waals surface area contributed by atoms with Crippen molar-refractivity contribution in [2.45, 2.75) is 277 Å². The highest BCUT2D eigenvalue weighted by Gasteiger charge is 2.24. The molecule has 0 saturated heterocycles. The monoisotopic (exact) mass is 868 g/mol. The minimum atomic E-state index is -0.799. The maximum Gasteiger partial charge on any atom is 0.306 e. The van der Waals surface area contributed by atoms with Crippen molar-refractivity contribution in [1.82, 2.24) is 5.32 Å². The summed E-state index contributed by atoms with van der Waals surface area (Å²) in [7, 11) is 0. The van der Waals surface area contributed by atoms with Crippen molar-refractivity contribution in [2.75, 3.05) is 6.61 Å². The molecule has 0 aliphatic carbocycles. The maximum atomic E-state index is 13.2. The van der Waals surface area contributed by atoms with Gasteiger partial charge < -0.3 is 20.3 Å². The van der Waals surface area contributed by atoms with Gasteiger partial charge in [0.25, 0.3) is 0 Å². The second-order valence-corrected chi connectivity index (χ2v) is 17.9. The molecule has 0 aliphatic heterocycles. The zero-order valence-corrected chi connectivity index (χ0v) is 41.0. The number of rotatable bonds is 47. The molecule has 3 unspecified atom stereocenters. The molecule has 0 aliphatic rings. The Labute approximate surface area is 384 Å². The average Bonchev–Trinajstić information content (AvgIpc) is 3.26. The molecule has 62 heavy (non-hydrogen) atoms. The first-order valence-electron chi connectivity index (χ1n) is 26.5. The summed E-state index contributed by atoms with van der Waals surface area (Å²) < 4.78 is 5.90. The van der Waals surface area contributed by atoms with Gasteiger partial charge in [-0.2, -0.15) is 0 Å². The number of amides is 1. The summed E-state index contributed by atoms with van der Waals surface area (Å²) in [5, 5.41) is 23.7. The molecule has 0 aromatic rings.